The van der Waals surface area contributed by atoms with E-state index >= 15 is 0 Å². The summed E-state index contributed by atoms with van der Waals surface area (Å²) >= 11 is 0. The molecule has 4 heteroatoms. The van der Waals surface area contributed by atoms with Crippen LogP contribution in [-0.4, -0.2) is 25.2 Å². The Morgan fingerprint density at radius 3 is 2.05 bits per heavy atom. The minimum atomic E-state index is -1.40. The topological polar surface area (TPSA) is 52.6 Å². The van der Waals surface area contributed by atoms with Gasteiger partial charge in [-0.15, -0.1) is 11.8 Å². The molecular weight excluding hydrogens is 256 g/mol. The van der Waals surface area contributed by atoms with Crippen molar-refractivity contribution in [3.05, 3.63) is 12.2 Å². The van der Waals surface area contributed by atoms with Crippen LogP contribution in [0.5, 0.6) is 0 Å². The van der Waals surface area contributed by atoms with Gasteiger partial charge in [0.05, 0.1) is 13.2 Å². The molecule has 0 amide bonds. The Kier molecular flexibility index (Phi) is 8.38. The summed E-state index contributed by atoms with van der Waals surface area (Å²) in [4.78, 5) is 24.8. The highest BCUT2D eigenvalue weighted by atomic mass is 16.6. The van der Waals surface area contributed by atoms with Gasteiger partial charge in [-0.05, 0) is 27.7 Å². The fourth-order valence-electron chi connectivity index (χ4n) is 1.96. The van der Waals surface area contributed by atoms with Crippen LogP contribution in [0.4, 0.5) is 0 Å². The Labute approximate surface area is 121 Å². The Morgan fingerprint density at radius 1 is 1.20 bits per heavy atom. The molecule has 0 radical (unpaired) electrons. The zero-order chi connectivity index (χ0) is 15.6. The fraction of sp³-hybridized carbons (Fsp3) is 0.625. The van der Waals surface area contributed by atoms with Gasteiger partial charge in [-0.2, -0.15) is 0 Å². The number of ether oxygens (including phenoxy) is 2. The summed E-state index contributed by atoms with van der Waals surface area (Å²) in [5.41, 5.74) is -1.40. The van der Waals surface area contributed by atoms with E-state index < -0.39 is 17.4 Å². The van der Waals surface area contributed by atoms with E-state index in [4.69, 9.17) is 9.47 Å². The van der Waals surface area contributed by atoms with E-state index in [0.29, 0.717) is 0 Å². The molecule has 0 saturated heterocycles. The molecule has 0 N–H and O–H groups in total. The maximum atomic E-state index is 12.4. The molecule has 0 heterocycles. The van der Waals surface area contributed by atoms with Gasteiger partial charge in [0.15, 0.2) is 5.41 Å². The van der Waals surface area contributed by atoms with Gasteiger partial charge in [0.2, 0.25) is 0 Å². The number of carbonyl (C=O) groups excluding carboxylic acids is 2. The van der Waals surface area contributed by atoms with Crippen LogP contribution in [0.15, 0.2) is 12.2 Å². The lowest BCUT2D eigenvalue weighted by molar-refractivity contribution is -0.174. The predicted molar refractivity (Wildman–Crippen MR) is 77.7 cm³/mol. The molecule has 0 aliphatic rings. The second-order valence-electron chi connectivity index (χ2n) is 4.33. The van der Waals surface area contributed by atoms with Crippen molar-refractivity contribution in [1.82, 2.24) is 0 Å². The smallest absolute Gasteiger partial charge is 0.325 e. The summed E-state index contributed by atoms with van der Waals surface area (Å²) in [6, 6.07) is 0. The van der Waals surface area contributed by atoms with Gasteiger partial charge in [-0.3, -0.25) is 9.59 Å². The zero-order valence-electron chi connectivity index (χ0n) is 13.0. The van der Waals surface area contributed by atoms with Crippen LogP contribution in [0.25, 0.3) is 0 Å². The first-order chi connectivity index (χ1) is 9.50. The van der Waals surface area contributed by atoms with E-state index in [0.717, 1.165) is 0 Å². The van der Waals surface area contributed by atoms with Crippen molar-refractivity contribution < 1.29 is 19.1 Å². The van der Waals surface area contributed by atoms with Crippen molar-refractivity contribution in [2.75, 3.05) is 13.2 Å². The summed E-state index contributed by atoms with van der Waals surface area (Å²) in [5, 5.41) is 0. The van der Waals surface area contributed by atoms with E-state index in [1.807, 2.05) is 6.92 Å². The van der Waals surface area contributed by atoms with Crippen molar-refractivity contribution in [3.63, 3.8) is 0 Å². The molecule has 1 unspecified atom stereocenters. The van der Waals surface area contributed by atoms with Gasteiger partial charge in [0.25, 0.3) is 0 Å². The zero-order valence-corrected chi connectivity index (χ0v) is 13.0. The summed E-state index contributed by atoms with van der Waals surface area (Å²) in [6.07, 6.45) is 3.69. The minimum Gasteiger partial charge on any atom is -0.465 e. The third-order valence-electron chi connectivity index (χ3n) is 3.08. The molecule has 0 aliphatic heterocycles. The summed E-state index contributed by atoms with van der Waals surface area (Å²) in [5.74, 6) is 4.04. The Morgan fingerprint density at radius 2 is 1.70 bits per heavy atom. The Bertz CT molecular complexity index is 394. The Balaban J connectivity index is 5.77. The van der Waals surface area contributed by atoms with Crippen molar-refractivity contribution in [2.45, 2.75) is 41.0 Å². The molecule has 0 spiro atoms. The van der Waals surface area contributed by atoms with Crippen LogP contribution in [0.1, 0.15) is 41.0 Å². The van der Waals surface area contributed by atoms with Crippen LogP contribution in [0.3, 0.4) is 0 Å². The lowest BCUT2D eigenvalue weighted by Crippen LogP contribution is -2.46. The quantitative estimate of drug-likeness (QED) is 0.311. The normalized spacial score (nSPS) is 12.4. The standard InChI is InChI=1S/C16H24O4/c1-6-10-12-16(13(5)11-7-2,14(17)19-8-3)15(18)20-9-4/h7,11,13H,8-9,12H2,1-5H3/b11-7+. The molecule has 0 rings (SSSR count). The van der Waals surface area contributed by atoms with Crippen LogP contribution in [-0.2, 0) is 19.1 Å². The second-order valence-corrected chi connectivity index (χ2v) is 4.33. The minimum absolute atomic E-state index is 0.0900. The van der Waals surface area contributed by atoms with E-state index in [1.165, 1.54) is 0 Å². The van der Waals surface area contributed by atoms with Gasteiger partial charge in [-0.1, -0.05) is 19.1 Å². The summed E-state index contributed by atoms with van der Waals surface area (Å²) < 4.78 is 10.2. The Hall–Kier alpha value is -1.76. The number of rotatable bonds is 7. The van der Waals surface area contributed by atoms with Gasteiger partial charge >= 0.3 is 11.9 Å². The molecule has 112 valence electrons. The van der Waals surface area contributed by atoms with Gasteiger partial charge in [0, 0.05) is 12.3 Å². The monoisotopic (exact) mass is 280 g/mol. The van der Waals surface area contributed by atoms with Gasteiger partial charge in [-0.25, -0.2) is 0 Å². The molecule has 1 atom stereocenters. The molecule has 0 saturated carbocycles. The third kappa shape index (κ3) is 4.12. The lowest BCUT2D eigenvalue weighted by atomic mass is 9.73. The van der Waals surface area contributed by atoms with Crippen molar-refractivity contribution in [2.24, 2.45) is 11.3 Å². The second kappa shape index (κ2) is 9.19. The SMILES string of the molecule is CC#CCC(C(=O)OCC)(C(=O)OCC)C(C)/C=C/C. The highest BCUT2D eigenvalue weighted by Gasteiger charge is 2.51. The largest absolute Gasteiger partial charge is 0.465 e. The predicted octanol–water partition coefficient (Wildman–Crippen LogP) is 2.72. The fourth-order valence-corrected chi connectivity index (χ4v) is 1.96. The molecule has 0 aromatic heterocycles. The summed E-state index contributed by atoms with van der Waals surface area (Å²) in [7, 11) is 0. The lowest BCUT2D eigenvalue weighted by Gasteiger charge is -2.31. The van der Waals surface area contributed by atoms with Crippen LogP contribution in [0, 0.1) is 23.2 Å². The van der Waals surface area contributed by atoms with Crippen LogP contribution < -0.4 is 0 Å². The molecule has 0 fully saturated rings. The number of carbonyl (C=O) groups is 2. The summed E-state index contributed by atoms with van der Waals surface area (Å²) in [6.45, 7) is 9.14. The number of hydrogen-bond acceptors (Lipinski definition) is 4. The first kappa shape index (κ1) is 18.2. The van der Waals surface area contributed by atoms with Crippen molar-refractivity contribution in [1.29, 1.82) is 0 Å². The molecule has 0 aromatic carbocycles. The molecule has 0 aliphatic carbocycles. The number of hydrogen-bond donors (Lipinski definition) is 0. The highest BCUT2D eigenvalue weighted by molar-refractivity contribution is 6.01. The molecule has 0 bridgehead atoms. The first-order valence-electron chi connectivity index (χ1n) is 6.88. The number of esters is 2. The van der Waals surface area contributed by atoms with Crippen LogP contribution in [0.2, 0.25) is 0 Å². The molecular formula is C16H24O4. The number of allylic oxidation sites excluding steroid dienone is 2. The molecule has 20 heavy (non-hydrogen) atoms. The van der Waals surface area contributed by atoms with E-state index in [2.05, 4.69) is 11.8 Å². The van der Waals surface area contributed by atoms with Gasteiger partial charge < -0.3 is 9.47 Å². The highest BCUT2D eigenvalue weighted by Crippen LogP contribution is 2.36. The van der Waals surface area contributed by atoms with Crippen molar-refractivity contribution >= 4 is 11.9 Å². The first-order valence-corrected chi connectivity index (χ1v) is 6.88. The average molecular weight is 280 g/mol. The third-order valence-corrected chi connectivity index (χ3v) is 3.08. The van der Waals surface area contributed by atoms with E-state index in [-0.39, 0.29) is 25.6 Å². The average Bonchev–Trinajstić information content (AvgIpc) is 2.40. The molecule has 0 aromatic rings. The van der Waals surface area contributed by atoms with E-state index in [9.17, 15) is 9.59 Å². The molecule has 4 nitrogen and oxygen atoms in total. The van der Waals surface area contributed by atoms with Gasteiger partial charge in [0.1, 0.15) is 0 Å². The van der Waals surface area contributed by atoms with Crippen molar-refractivity contribution in [3.8, 4) is 11.8 Å². The maximum Gasteiger partial charge on any atom is 0.325 e. The van der Waals surface area contributed by atoms with E-state index in [1.54, 1.807) is 39.8 Å². The van der Waals surface area contributed by atoms with Crippen LogP contribution >= 0.6 is 0 Å². The maximum absolute atomic E-state index is 12.4.